The lowest BCUT2D eigenvalue weighted by Gasteiger charge is -2.19. The lowest BCUT2D eigenvalue weighted by molar-refractivity contribution is -0.123. The van der Waals surface area contributed by atoms with Crippen molar-refractivity contribution in [3.05, 3.63) is 58.0 Å². The summed E-state index contributed by atoms with van der Waals surface area (Å²) >= 11 is 12.0. The molecule has 0 aliphatic heterocycles. The van der Waals surface area contributed by atoms with Gasteiger partial charge in [0.25, 0.3) is 5.91 Å². The maximum absolute atomic E-state index is 12.2. The summed E-state index contributed by atoms with van der Waals surface area (Å²) in [5.74, 6) is -0.628. The van der Waals surface area contributed by atoms with Gasteiger partial charge < -0.3 is 15.1 Å². The van der Waals surface area contributed by atoms with E-state index in [0.717, 1.165) is 5.56 Å². The highest BCUT2D eigenvalue weighted by atomic mass is 35.5. The summed E-state index contributed by atoms with van der Waals surface area (Å²) in [6, 6.07) is 7.15. The minimum atomic E-state index is -0.721. The summed E-state index contributed by atoms with van der Waals surface area (Å²) < 4.78 is 4.98. The molecule has 0 saturated heterocycles. The Morgan fingerprint density at radius 3 is 2.48 bits per heavy atom. The Morgan fingerprint density at radius 1 is 1.13 bits per heavy atom. The van der Waals surface area contributed by atoms with E-state index in [0.29, 0.717) is 10.0 Å². The van der Waals surface area contributed by atoms with E-state index in [1.807, 2.05) is 0 Å². The molecule has 0 fully saturated rings. The molecule has 23 heavy (non-hydrogen) atoms. The Bertz CT molecular complexity index is 701. The average molecular weight is 355 g/mol. The lowest BCUT2D eigenvalue weighted by Crippen LogP contribution is -2.45. The fourth-order valence-electron chi connectivity index (χ4n) is 2.01. The number of hydrogen-bond acceptors (Lipinski definition) is 3. The van der Waals surface area contributed by atoms with E-state index in [1.165, 1.54) is 12.3 Å². The van der Waals surface area contributed by atoms with Crippen molar-refractivity contribution in [3.8, 4) is 0 Å². The van der Waals surface area contributed by atoms with Gasteiger partial charge in [0.2, 0.25) is 5.91 Å². The predicted octanol–water partition coefficient (Wildman–Crippen LogP) is 3.58. The van der Waals surface area contributed by atoms with Gasteiger partial charge in [-0.2, -0.15) is 0 Å². The van der Waals surface area contributed by atoms with Crippen LogP contribution in [0.2, 0.25) is 10.0 Å². The monoisotopic (exact) mass is 354 g/mol. The Kier molecular flexibility index (Phi) is 5.69. The molecule has 0 bridgehead atoms. The van der Waals surface area contributed by atoms with Crippen molar-refractivity contribution in [2.75, 3.05) is 0 Å². The van der Waals surface area contributed by atoms with Crippen LogP contribution in [0, 0.1) is 0 Å². The van der Waals surface area contributed by atoms with Crippen LogP contribution in [0.4, 0.5) is 0 Å². The molecule has 7 heteroatoms. The van der Waals surface area contributed by atoms with Crippen molar-refractivity contribution in [2.45, 2.75) is 25.9 Å². The maximum Gasteiger partial charge on any atom is 0.287 e. The zero-order valence-electron chi connectivity index (χ0n) is 12.6. The van der Waals surface area contributed by atoms with E-state index in [4.69, 9.17) is 27.6 Å². The van der Waals surface area contributed by atoms with Gasteiger partial charge in [-0.25, -0.2) is 0 Å². The van der Waals surface area contributed by atoms with Crippen molar-refractivity contribution in [1.29, 1.82) is 0 Å². The molecule has 2 rings (SSSR count). The van der Waals surface area contributed by atoms with Crippen molar-refractivity contribution in [3.63, 3.8) is 0 Å². The van der Waals surface area contributed by atoms with Gasteiger partial charge in [0.15, 0.2) is 5.76 Å². The molecule has 2 atom stereocenters. The molecule has 2 amide bonds. The molecule has 122 valence electrons. The first-order valence-electron chi connectivity index (χ1n) is 6.98. The second kappa shape index (κ2) is 7.53. The van der Waals surface area contributed by atoms with Gasteiger partial charge in [0.05, 0.1) is 12.3 Å². The Balaban J connectivity index is 1.96. The van der Waals surface area contributed by atoms with Gasteiger partial charge >= 0.3 is 0 Å². The number of carbonyl (C=O) groups is 2. The Morgan fingerprint density at radius 2 is 1.87 bits per heavy atom. The summed E-state index contributed by atoms with van der Waals surface area (Å²) in [6.45, 7) is 3.39. The van der Waals surface area contributed by atoms with Gasteiger partial charge in [-0.05, 0) is 43.7 Å². The number of amides is 2. The fraction of sp³-hybridized carbons (Fsp3) is 0.250. The average Bonchev–Trinajstić information content (AvgIpc) is 3.01. The highest BCUT2D eigenvalue weighted by Crippen LogP contribution is 2.26. The standard InChI is InChI=1S/C16H16Cl2N2O3/c1-9(12-6-5-11(17)8-13(12)18)19-15(21)10(2)20-16(22)14-4-3-7-23-14/h3-10H,1-2H3,(H,19,21)(H,20,22). The topological polar surface area (TPSA) is 71.3 Å². The Labute approximate surface area is 144 Å². The van der Waals surface area contributed by atoms with Crippen molar-refractivity contribution in [2.24, 2.45) is 0 Å². The van der Waals surface area contributed by atoms with Crippen LogP contribution < -0.4 is 10.6 Å². The summed E-state index contributed by atoms with van der Waals surface area (Å²) in [6.07, 6.45) is 1.39. The smallest absolute Gasteiger partial charge is 0.287 e. The number of carbonyl (C=O) groups excluding carboxylic acids is 2. The maximum atomic E-state index is 12.2. The number of nitrogens with one attached hydrogen (secondary N) is 2. The summed E-state index contributed by atoms with van der Waals surface area (Å²) in [5.41, 5.74) is 0.744. The van der Waals surface area contributed by atoms with Crippen LogP contribution in [0.15, 0.2) is 41.0 Å². The van der Waals surface area contributed by atoms with E-state index >= 15 is 0 Å². The van der Waals surface area contributed by atoms with E-state index < -0.39 is 11.9 Å². The van der Waals surface area contributed by atoms with Crippen LogP contribution >= 0.6 is 23.2 Å². The highest BCUT2D eigenvalue weighted by molar-refractivity contribution is 6.35. The Hall–Kier alpha value is -1.98. The van der Waals surface area contributed by atoms with Crippen molar-refractivity contribution in [1.82, 2.24) is 10.6 Å². The van der Waals surface area contributed by atoms with Crippen LogP contribution in [-0.2, 0) is 4.79 Å². The third-order valence-electron chi connectivity index (χ3n) is 3.27. The molecular formula is C16H16Cl2N2O3. The van der Waals surface area contributed by atoms with Gasteiger partial charge in [0.1, 0.15) is 6.04 Å². The number of furan rings is 1. The van der Waals surface area contributed by atoms with Crippen LogP contribution in [0.5, 0.6) is 0 Å². The van der Waals surface area contributed by atoms with E-state index in [-0.39, 0.29) is 17.7 Å². The van der Waals surface area contributed by atoms with Crippen molar-refractivity contribution >= 4 is 35.0 Å². The van der Waals surface area contributed by atoms with Crippen LogP contribution in [0.25, 0.3) is 0 Å². The first kappa shape index (κ1) is 17.4. The van der Waals surface area contributed by atoms with Crippen LogP contribution in [0.3, 0.4) is 0 Å². The van der Waals surface area contributed by atoms with Gasteiger partial charge in [-0.3, -0.25) is 9.59 Å². The molecule has 1 aromatic heterocycles. The van der Waals surface area contributed by atoms with Crippen molar-refractivity contribution < 1.29 is 14.0 Å². The molecular weight excluding hydrogens is 339 g/mol. The molecule has 0 saturated carbocycles. The largest absolute Gasteiger partial charge is 0.459 e. The molecule has 2 N–H and O–H groups in total. The molecule has 5 nitrogen and oxygen atoms in total. The molecule has 0 aliphatic rings. The third-order valence-corrected chi connectivity index (χ3v) is 3.84. The van der Waals surface area contributed by atoms with Crippen LogP contribution in [-0.4, -0.2) is 17.9 Å². The number of hydrogen-bond donors (Lipinski definition) is 2. The molecule has 0 aliphatic carbocycles. The first-order valence-corrected chi connectivity index (χ1v) is 7.73. The van der Waals surface area contributed by atoms with E-state index in [9.17, 15) is 9.59 Å². The zero-order chi connectivity index (χ0) is 17.0. The predicted molar refractivity (Wildman–Crippen MR) is 88.7 cm³/mol. The number of benzene rings is 1. The molecule has 1 aromatic carbocycles. The van der Waals surface area contributed by atoms with Gasteiger partial charge in [0, 0.05) is 10.0 Å². The van der Waals surface area contributed by atoms with Gasteiger partial charge in [-0.15, -0.1) is 0 Å². The number of rotatable bonds is 5. The first-order chi connectivity index (χ1) is 10.9. The zero-order valence-corrected chi connectivity index (χ0v) is 14.1. The van der Waals surface area contributed by atoms with Crippen LogP contribution in [0.1, 0.15) is 36.0 Å². The molecule has 0 radical (unpaired) electrons. The molecule has 2 unspecified atom stereocenters. The summed E-state index contributed by atoms with van der Waals surface area (Å²) in [4.78, 5) is 24.0. The minimum Gasteiger partial charge on any atom is -0.459 e. The summed E-state index contributed by atoms with van der Waals surface area (Å²) in [7, 11) is 0. The summed E-state index contributed by atoms with van der Waals surface area (Å²) in [5, 5.41) is 6.35. The highest BCUT2D eigenvalue weighted by Gasteiger charge is 2.20. The lowest BCUT2D eigenvalue weighted by atomic mass is 10.1. The second-order valence-corrected chi connectivity index (χ2v) is 5.91. The van der Waals surface area contributed by atoms with Gasteiger partial charge in [-0.1, -0.05) is 29.3 Å². The normalized spacial score (nSPS) is 13.2. The fourth-order valence-corrected chi connectivity index (χ4v) is 2.58. The number of halogens is 2. The third kappa shape index (κ3) is 4.50. The minimum absolute atomic E-state index is 0.151. The molecule has 1 heterocycles. The van der Waals surface area contributed by atoms with E-state index in [2.05, 4.69) is 10.6 Å². The molecule has 2 aromatic rings. The van der Waals surface area contributed by atoms with E-state index in [1.54, 1.807) is 38.1 Å². The molecule has 0 spiro atoms. The second-order valence-electron chi connectivity index (χ2n) is 5.07. The quantitative estimate of drug-likeness (QED) is 0.861. The SMILES string of the molecule is CC(NC(=O)c1ccco1)C(=O)NC(C)c1ccc(Cl)cc1Cl.